The Balaban J connectivity index is 1.86. The van der Waals surface area contributed by atoms with Crippen LogP contribution in [0.5, 0.6) is 11.5 Å². The van der Waals surface area contributed by atoms with Gasteiger partial charge in [-0.05, 0) is 30.8 Å². The van der Waals surface area contributed by atoms with Crippen molar-refractivity contribution in [2.45, 2.75) is 6.92 Å². The molecule has 0 saturated carbocycles. The van der Waals surface area contributed by atoms with Crippen LogP contribution >= 0.6 is 0 Å². The Hall–Kier alpha value is -1.84. The first-order valence-corrected chi connectivity index (χ1v) is 10.9. The minimum absolute atomic E-state index is 0.117. The number of sulfonamides is 1. The highest BCUT2D eigenvalue weighted by Crippen LogP contribution is 2.17. The van der Waals surface area contributed by atoms with E-state index in [4.69, 9.17) is 9.47 Å². The molecule has 1 aromatic carbocycles. The quantitative estimate of drug-likeness (QED) is 0.602. The van der Waals surface area contributed by atoms with Crippen molar-refractivity contribution in [2.24, 2.45) is 0 Å². The molecular weight excluding hydrogens is 370 g/mol. The van der Waals surface area contributed by atoms with Crippen molar-refractivity contribution in [1.82, 2.24) is 14.1 Å². The molecular formula is C18H29N3O5S. The molecule has 0 bridgehead atoms. The van der Waals surface area contributed by atoms with E-state index in [2.05, 4.69) is 11.8 Å². The van der Waals surface area contributed by atoms with Gasteiger partial charge in [0.05, 0.1) is 19.9 Å². The van der Waals surface area contributed by atoms with Gasteiger partial charge < -0.3 is 19.3 Å². The Morgan fingerprint density at radius 2 is 1.70 bits per heavy atom. The second-order valence-electron chi connectivity index (χ2n) is 6.44. The number of carbonyl (C=O) groups is 1. The van der Waals surface area contributed by atoms with Gasteiger partial charge in [0.15, 0.2) is 0 Å². The van der Waals surface area contributed by atoms with Crippen LogP contribution in [0.25, 0.3) is 0 Å². The van der Waals surface area contributed by atoms with E-state index in [0.29, 0.717) is 24.6 Å². The molecule has 27 heavy (non-hydrogen) atoms. The Kier molecular flexibility index (Phi) is 7.88. The summed E-state index contributed by atoms with van der Waals surface area (Å²) < 4.78 is 35.9. The van der Waals surface area contributed by atoms with Gasteiger partial charge in [-0.15, -0.1) is 0 Å². The summed E-state index contributed by atoms with van der Waals surface area (Å²) >= 11 is 0. The lowest BCUT2D eigenvalue weighted by Gasteiger charge is -2.35. The smallest absolute Gasteiger partial charge is 0.237 e. The molecule has 1 aliphatic rings. The van der Waals surface area contributed by atoms with Crippen LogP contribution in [0.15, 0.2) is 24.3 Å². The first-order chi connectivity index (χ1) is 12.8. The summed E-state index contributed by atoms with van der Waals surface area (Å²) in [6.07, 6.45) is 1.11. The number of hydrogen-bond donors (Lipinski definition) is 0. The molecule has 0 atom stereocenters. The maximum absolute atomic E-state index is 12.5. The number of piperazine rings is 1. The van der Waals surface area contributed by atoms with E-state index < -0.39 is 10.0 Å². The van der Waals surface area contributed by atoms with Crippen molar-refractivity contribution in [1.29, 1.82) is 0 Å². The van der Waals surface area contributed by atoms with Gasteiger partial charge >= 0.3 is 0 Å². The number of amides is 1. The van der Waals surface area contributed by atoms with Crippen LogP contribution in [0.1, 0.15) is 6.92 Å². The zero-order chi connectivity index (χ0) is 19.9. The Morgan fingerprint density at radius 1 is 1.11 bits per heavy atom. The number of benzene rings is 1. The fraction of sp³-hybridized carbons (Fsp3) is 0.611. The number of carbonyl (C=O) groups excluding carboxylic acids is 1. The normalized spacial score (nSPS) is 15.8. The van der Waals surface area contributed by atoms with Gasteiger partial charge in [0.25, 0.3) is 0 Å². The lowest BCUT2D eigenvalue weighted by molar-refractivity contribution is -0.133. The molecule has 1 saturated heterocycles. The summed E-state index contributed by atoms with van der Waals surface area (Å²) in [6, 6.07) is 7.04. The van der Waals surface area contributed by atoms with E-state index in [0.717, 1.165) is 25.9 Å². The third-order valence-electron chi connectivity index (χ3n) is 4.62. The van der Waals surface area contributed by atoms with Crippen molar-refractivity contribution >= 4 is 15.9 Å². The first-order valence-electron chi connectivity index (χ1n) is 9.05. The number of hydrogen-bond acceptors (Lipinski definition) is 6. The number of rotatable bonds is 9. The van der Waals surface area contributed by atoms with Crippen molar-refractivity contribution in [3.05, 3.63) is 24.3 Å². The highest BCUT2D eigenvalue weighted by molar-refractivity contribution is 7.88. The van der Waals surface area contributed by atoms with Gasteiger partial charge in [0.1, 0.15) is 18.1 Å². The van der Waals surface area contributed by atoms with E-state index in [1.54, 1.807) is 36.3 Å². The average Bonchev–Trinajstić information content (AvgIpc) is 2.67. The number of methoxy groups -OCH3 is 1. The number of nitrogens with zero attached hydrogens (tertiary/aromatic N) is 3. The molecule has 0 spiro atoms. The van der Waals surface area contributed by atoms with Crippen LogP contribution in [0.4, 0.5) is 0 Å². The Labute approximate surface area is 161 Å². The summed E-state index contributed by atoms with van der Waals surface area (Å²) in [4.78, 5) is 16.5. The summed E-state index contributed by atoms with van der Waals surface area (Å²) in [7, 11) is -1.92. The number of ether oxygens (including phenoxy) is 2. The van der Waals surface area contributed by atoms with Gasteiger partial charge in [-0.1, -0.05) is 6.92 Å². The molecule has 1 aliphatic heterocycles. The molecule has 152 valence electrons. The third kappa shape index (κ3) is 6.67. The molecule has 0 unspecified atom stereocenters. The first kappa shape index (κ1) is 21.5. The van der Waals surface area contributed by atoms with Crippen LogP contribution in [0.3, 0.4) is 0 Å². The second-order valence-corrected chi connectivity index (χ2v) is 8.42. The molecule has 0 aliphatic carbocycles. The van der Waals surface area contributed by atoms with E-state index in [1.165, 1.54) is 4.31 Å². The minimum atomic E-state index is -3.50. The molecule has 0 aromatic heterocycles. The number of likely N-dealkylation sites (N-methyl/N-ethyl adjacent to an activating group) is 1. The molecule has 9 heteroatoms. The van der Waals surface area contributed by atoms with Gasteiger partial charge in [-0.2, -0.15) is 4.31 Å². The van der Waals surface area contributed by atoms with Crippen molar-refractivity contribution in [3.63, 3.8) is 0 Å². The van der Waals surface area contributed by atoms with E-state index >= 15 is 0 Å². The minimum Gasteiger partial charge on any atom is -0.497 e. The van der Waals surface area contributed by atoms with Gasteiger partial charge in [-0.3, -0.25) is 4.79 Å². The largest absolute Gasteiger partial charge is 0.497 e. The Morgan fingerprint density at radius 3 is 2.22 bits per heavy atom. The third-order valence-corrected chi connectivity index (χ3v) is 5.87. The average molecular weight is 400 g/mol. The highest BCUT2D eigenvalue weighted by atomic mass is 32.2. The maximum Gasteiger partial charge on any atom is 0.237 e. The molecule has 2 rings (SSSR count). The highest BCUT2D eigenvalue weighted by Gasteiger charge is 2.25. The van der Waals surface area contributed by atoms with Crippen molar-refractivity contribution < 1.29 is 22.7 Å². The lowest BCUT2D eigenvalue weighted by atomic mass is 10.3. The second kappa shape index (κ2) is 9.91. The topological polar surface area (TPSA) is 79.4 Å². The zero-order valence-corrected chi connectivity index (χ0v) is 17.1. The van der Waals surface area contributed by atoms with E-state index in [-0.39, 0.29) is 25.6 Å². The summed E-state index contributed by atoms with van der Waals surface area (Å²) in [5.41, 5.74) is 0. The van der Waals surface area contributed by atoms with E-state index in [1.807, 2.05) is 0 Å². The summed E-state index contributed by atoms with van der Waals surface area (Å²) in [5.74, 6) is 1.17. The van der Waals surface area contributed by atoms with Crippen LogP contribution < -0.4 is 9.47 Å². The van der Waals surface area contributed by atoms with Crippen LogP contribution in [0, 0.1) is 0 Å². The predicted molar refractivity (Wildman–Crippen MR) is 104 cm³/mol. The van der Waals surface area contributed by atoms with Crippen molar-refractivity contribution in [2.75, 3.05) is 65.8 Å². The molecule has 1 fully saturated rings. The molecule has 0 radical (unpaired) electrons. The lowest BCUT2D eigenvalue weighted by Crippen LogP contribution is -2.51. The predicted octanol–water partition coefficient (Wildman–Crippen LogP) is 0.500. The Bertz CT molecular complexity index is 700. The van der Waals surface area contributed by atoms with Crippen molar-refractivity contribution in [3.8, 4) is 11.5 Å². The van der Waals surface area contributed by atoms with Crippen LogP contribution in [0.2, 0.25) is 0 Å². The molecule has 1 heterocycles. The summed E-state index contributed by atoms with van der Waals surface area (Å²) in [5, 5.41) is 0. The molecule has 8 nitrogen and oxygen atoms in total. The zero-order valence-electron chi connectivity index (χ0n) is 16.3. The fourth-order valence-electron chi connectivity index (χ4n) is 2.86. The van der Waals surface area contributed by atoms with Gasteiger partial charge in [0, 0.05) is 32.7 Å². The van der Waals surface area contributed by atoms with Gasteiger partial charge in [0.2, 0.25) is 15.9 Å². The van der Waals surface area contributed by atoms with Crippen LogP contribution in [-0.4, -0.2) is 94.2 Å². The monoisotopic (exact) mass is 399 g/mol. The van der Waals surface area contributed by atoms with Gasteiger partial charge in [-0.25, -0.2) is 8.42 Å². The fourth-order valence-corrected chi connectivity index (χ4v) is 3.61. The maximum atomic E-state index is 12.5. The molecule has 1 amide bonds. The van der Waals surface area contributed by atoms with Crippen LogP contribution in [-0.2, 0) is 14.8 Å². The standard InChI is InChI=1S/C18H29N3O5S/c1-4-19-9-11-20(12-10-19)18(22)15-21(27(3,23)24)13-14-26-17-7-5-16(25-2)6-8-17/h5-8H,4,9-15H2,1-3H3. The van der Waals surface area contributed by atoms with E-state index in [9.17, 15) is 13.2 Å². The molecule has 1 aromatic rings. The SMILES string of the molecule is CCN1CCN(C(=O)CN(CCOc2ccc(OC)cc2)S(C)(=O)=O)CC1. The molecule has 0 N–H and O–H groups in total. The summed E-state index contributed by atoms with van der Waals surface area (Å²) in [6.45, 7) is 6.08.